The molecule has 1 fully saturated rings. The van der Waals surface area contributed by atoms with E-state index in [1.807, 2.05) is 11.8 Å². The number of hydrogen-bond donors (Lipinski definition) is 1. The molecule has 1 aromatic heterocycles. The van der Waals surface area contributed by atoms with Crippen molar-refractivity contribution in [2.24, 2.45) is 0 Å². The first kappa shape index (κ1) is 12.9. The SMILES string of the molecule is CCN(CC1CCCO1)c1nc[nH]c(=O)c1OC. The van der Waals surface area contributed by atoms with Gasteiger partial charge in [-0.05, 0) is 19.8 Å². The Hall–Kier alpha value is -1.56. The van der Waals surface area contributed by atoms with E-state index in [9.17, 15) is 4.79 Å². The van der Waals surface area contributed by atoms with E-state index < -0.39 is 0 Å². The van der Waals surface area contributed by atoms with Crippen molar-refractivity contribution in [3.8, 4) is 5.75 Å². The summed E-state index contributed by atoms with van der Waals surface area (Å²) in [6, 6.07) is 0. The normalized spacial score (nSPS) is 18.9. The molecule has 1 saturated heterocycles. The summed E-state index contributed by atoms with van der Waals surface area (Å²) < 4.78 is 10.7. The third kappa shape index (κ3) is 2.64. The van der Waals surface area contributed by atoms with E-state index in [0.29, 0.717) is 5.82 Å². The molecular formula is C12H19N3O3. The highest BCUT2D eigenvalue weighted by Crippen LogP contribution is 2.22. The first-order chi connectivity index (χ1) is 8.76. The van der Waals surface area contributed by atoms with Gasteiger partial charge in [0.25, 0.3) is 5.56 Å². The van der Waals surface area contributed by atoms with Crippen molar-refractivity contribution < 1.29 is 9.47 Å². The Morgan fingerprint density at radius 3 is 3.11 bits per heavy atom. The summed E-state index contributed by atoms with van der Waals surface area (Å²) in [7, 11) is 1.48. The van der Waals surface area contributed by atoms with E-state index in [1.54, 1.807) is 0 Å². The first-order valence-electron chi connectivity index (χ1n) is 6.24. The van der Waals surface area contributed by atoms with Crippen LogP contribution < -0.4 is 15.2 Å². The van der Waals surface area contributed by atoms with Gasteiger partial charge in [0.2, 0.25) is 5.75 Å². The summed E-state index contributed by atoms with van der Waals surface area (Å²) in [6.07, 6.45) is 3.78. The lowest BCUT2D eigenvalue weighted by Crippen LogP contribution is -2.34. The van der Waals surface area contributed by atoms with E-state index in [4.69, 9.17) is 9.47 Å². The highest BCUT2D eigenvalue weighted by molar-refractivity contribution is 5.50. The maximum Gasteiger partial charge on any atom is 0.295 e. The molecule has 0 spiro atoms. The van der Waals surface area contributed by atoms with Crippen LogP contribution in [0.1, 0.15) is 19.8 Å². The highest BCUT2D eigenvalue weighted by Gasteiger charge is 2.22. The van der Waals surface area contributed by atoms with Gasteiger partial charge in [-0.3, -0.25) is 4.79 Å². The molecule has 1 atom stereocenters. The predicted octanol–water partition coefficient (Wildman–Crippen LogP) is 0.784. The number of nitrogens with one attached hydrogen (secondary N) is 1. The Labute approximate surface area is 106 Å². The minimum absolute atomic E-state index is 0.218. The number of likely N-dealkylation sites (N-methyl/N-ethyl adjacent to an activating group) is 1. The fraction of sp³-hybridized carbons (Fsp3) is 0.667. The molecule has 0 amide bonds. The van der Waals surface area contributed by atoms with Crippen molar-refractivity contribution in [2.45, 2.75) is 25.9 Å². The van der Waals surface area contributed by atoms with E-state index in [0.717, 1.165) is 32.5 Å². The van der Waals surface area contributed by atoms with E-state index >= 15 is 0 Å². The van der Waals surface area contributed by atoms with Gasteiger partial charge in [0.15, 0.2) is 5.82 Å². The van der Waals surface area contributed by atoms with Crippen LogP contribution >= 0.6 is 0 Å². The number of aromatic nitrogens is 2. The molecule has 1 N–H and O–H groups in total. The molecule has 0 aliphatic carbocycles. The standard InChI is InChI=1S/C12H19N3O3/c1-3-15(7-9-5-4-6-18-9)11-10(17-2)12(16)14-8-13-11/h8-9H,3-7H2,1-2H3,(H,13,14,16). The largest absolute Gasteiger partial charge is 0.489 e. The fourth-order valence-electron chi connectivity index (χ4n) is 2.19. The second kappa shape index (κ2) is 5.86. The van der Waals surface area contributed by atoms with Crippen molar-refractivity contribution in [3.05, 3.63) is 16.7 Å². The Morgan fingerprint density at radius 1 is 1.67 bits per heavy atom. The number of anilines is 1. The van der Waals surface area contributed by atoms with Crippen LogP contribution in [0.2, 0.25) is 0 Å². The number of aromatic amines is 1. The minimum Gasteiger partial charge on any atom is -0.489 e. The van der Waals surface area contributed by atoms with E-state index in [-0.39, 0.29) is 17.4 Å². The van der Waals surface area contributed by atoms with E-state index in [1.165, 1.54) is 13.4 Å². The van der Waals surface area contributed by atoms with Crippen LogP contribution in [0.25, 0.3) is 0 Å². The smallest absolute Gasteiger partial charge is 0.295 e. The Morgan fingerprint density at radius 2 is 2.50 bits per heavy atom. The lowest BCUT2D eigenvalue weighted by atomic mass is 10.2. The van der Waals surface area contributed by atoms with Crippen LogP contribution in [0.4, 0.5) is 5.82 Å². The van der Waals surface area contributed by atoms with Gasteiger partial charge in [-0.15, -0.1) is 0 Å². The zero-order valence-electron chi connectivity index (χ0n) is 10.8. The topological polar surface area (TPSA) is 67.5 Å². The molecule has 6 heteroatoms. The van der Waals surface area contributed by atoms with Gasteiger partial charge in [-0.25, -0.2) is 4.98 Å². The van der Waals surface area contributed by atoms with Crippen LogP contribution in [-0.2, 0) is 4.74 Å². The molecule has 1 aromatic rings. The third-order valence-electron chi connectivity index (χ3n) is 3.13. The predicted molar refractivity (Wildman–Crippen MR) is 68.3 cm³/mol. The van der Waals surface area contributed by atoms with Crippen LogP contribution in [0.3, 0.4) is 0 Å². The zero-order chi connectivity index (χ0) is 13.0. The van der Waals surface area contributed by atoms with Gasteiger partial charge < -0.3 is 19.4 Å². The molecule has 0 radical (unpaired) electrons. The molecule has 18 heavy (non-hydrogen) atoms. The number of hydrogen-bond acceptors (Lipinski definition) is 5. The van der Waals surface area contributed by atoms with Crippen molar-refractivity contribution in [1.29, 1.82) is 0 Å². The second-order valence-corrected chi connectivity index (χ2v) is 4.26. The molecule has 1 unspecified atom stereocenters. The van der Waals surface area contributed by atoms with Gasteiger partial charge in [0.05, 0.1) is 19.5 Å². The van der Waals surface area contributed by atoms with Gasteiger partial charge >= 0.3 is 0 Å². The van der Waals surface area contributed by atoms with Gasteiger partial charge in [0, 0.05) is 19.7 Å². The number of rotatable bonds is 5. The quantitative estimate of drug-likeness (QED) is 0.840. The van der Waals surface area contributed by atoms with Crippen LogP contribution in [0.15, 0.2) is 11.1 Å². The fourth-order valence-corrected chi connectivity index (χ4v) is 2.19. The molecule has 1 aliphatic rings. The lowest BCUT2D eigenvalue weighted by molar-refractivity contribution is 0.115. The van der Waals surface area contributed by atoms with Gasteiger partial charge in [-0.2, -0.15) is 0 Å². The van der Waals surface area contributed by atoms with Crippen LogP contribution in [0, 0.1) is 0 Å². The molecule has 2 rings (SSSR count). The summed E-state index contributed by atoms with van der Waals surface area (Å²) in [5.41, 5.74) is -0.256. The summed E-state index contributed by atoms with van der Waals surface area (Å²) >= 11 is 0. The minimum atomic E-state index is -0.256. The maximum atomic E-state index is 11.7. The highest BCUT2D eigenvalue weighted by atomic mass is 16.5. The summed E-state index contributed by atoms with van der Waals surface area (Å²) in [5, 5.41) is 0. The molecule has 0 saturated carbocycles. The Bertz CT molecular complexity index is 440. The molecular weight excluding hydrogens is 234 g/mol. The van der Waals surface area contributed by atoms with Crippen molar-refractivity contribution in [3.63, 3.8) is 0 Å². The second-order valence-electron chi connectivity index (χ2n) is 4.26. The summed E-state index contributed by atoms with van der Waals surface area (Å²) in [4.78, 5) is 20.4. The average molecular weight is 253 g/mol. The third-order valence-corrected chi connectivity index (χ3v) is 3.13. The van der Waals surface area contributed by atoms with Crippen LogP contribution in [0.5, 0.6) is 5.75 Å². The lowest BCUT2D eigenvalue weighted by Gasteiger charge is -2.25. The van der Waals surface area contributed by atoms with Crippen molar-refractivity contribution >= 4 is 5.82 Å². The average Bonchev–Trinajstić information content (AvgIpc) is 2.88. The van der Waals surface area contributed by atoms with Gasteiger partial charge in [-0.1, -0.05) is 0 Å². The zero-order valence-corrected chi connectivity index (χ0v) is 10.8. The number of ether oxygens (including phenoxy) is 2. The molecule has 6 nitrogen and oxygen atoms in total. The summed E-state index contributed by atoms with van der Waals surface area (Å²) in [5.74, 6) is 0.844. The monoisotopic (exact) mass is 253 g/mol. The maximum absolute atomic E-state index is 11.7. The number of H-pyrrole nitrogens is 1. The Balaban J connectivity index is 2.20. The van der Waals surface area contributed by atoms with Crippen LogP contribution in [-0.4, -0.2) is 42.9 Å². The molecule has 0 bridgehead atoms. The molecule has 100 valence electrons. The first-order valence-corrected chi connectivity index (χ1v) is 6.24. The Kier molecular flexibility index (Phi) is 4.19. The summed E-state index contributed by atoms with van der Waals surface area (Å²) in [6.45, 7) is 4.34. The molecule has 2 heterocycles. The molecule has 0 aromatic carbocycles. The van der Waals surface area contributed by atoms with Gasteiger partial charge in [0.1, 0.15) is 0 Å². The van der Waals surface area contributed by atoms with Crippen molar-refractivity contribution in [2.75, 3.05) is 31.7 Å². The van der Waals surface area contributed by atoms with Crippen molar-refractivity contribution in [1.82, 2.24) is 9.97 Å². The van der Waals surface area contributed by atoms with E-state index in [2.05, 4.69) is 9.97 Å². The number of nitrogens with zero attached hydrogens (tertiary/aromatic N) is 2. The molecule has 1 aliphatic heterocycles. The number of methoxy groups -OCH3 is 1.